The molecule has 1 heterocycles. The van der Waals surface area contributed by atoms with Crippen molar-refractivity contribution in [1.82, 2.24) is 10.2 Å². The molecule has 1 saturated heterocycles. The lowest BCUT2D eigenvalue weighted by molar-refractivity contribution is -0.152. The van der Waals surface area contributed by atoms with Gasteiger partial charge in [-0.25, -0.2) is 4.79 Å². The number of esters is 1. The molecule has 0 aromatic heterocycles. The molecule has 1 amide bonds. The van der Waals surface area contributed by atoms with Crippen LogP contribution >= 0.6 is 0 Å². The zero-order chi connectivity index (χ0) is 22.7. The number of carbonyl (C=O) groups is 3. The number of hydrogen-bond acceptors (Lipinski definition) is 5. The Morgan fingerprint density at radius 2 is 2.08 bits per heavy atom. The van der Waals surface area contributed by atoms with Gasteiger partial charge in [-0.1, -0.05) is 26.2 Å². The van der Waals surface area contributed by atoms with E-state index in [4.69, 9.17) is 10.2 Å². The number of fused-ring (bicyclic) bond motifs is 1. The van der Waals surface area contributed by atoms with Gasteiger partial charge in [-0.3, -0.25) is 14.9 Å². The molecule has 1 saturated carbocycles. The van der Waals surface area contributed by atoms with E-state index >= 15 is 0 Å². The number of carbonyl (C=O) groups excluding carboxylic acids is 2. The molecule has 0 bridgehead atoms. The molecule has 0 spiro atoms. The van der Waals surface area contributed by atoms with Crippen LogP contribution in [0, 0.1) is 5.92 Å². The van der Waals surface area contributed by atoms with E-state index in [9.17, 15) is 19.5 Å². The summed E-state index contributed by atoms with van der Waals surface area (Å²) in [5.74, 6) is -3.09. The fourth-order valence-electron chi connectivity index (χ4n) is 4.12. The van der Waals surface area contributed by atoms with Crippen LogP contribution in [0.25, 0.3) is 0 Å². The molecule has 2 rings (SSSR count). The summed E-state index contributed by atoms with van der Waals surface area (Å²) in [5.41, 5.74) is 0. The Hall–Kier alpha value is -1.63. The Morgan fingerprint density at radius 3 is 2.69 bits per heavy atom. The van der Waals surface area contributed by atoms with Crippen LogP contribution in [0.3, 0.4) is 0 Å². The molecule has 0 aromatic rings. The predicted octanol–water partition coefficient (Wildman–Crippen LogP) is 1.94. The third-order valence-corrected chi connectivity index (χ3v) is 5.29. The van der Waals surface area contributed by atoms with Gasteiger partial charge in [0, 0.05) is 10.2 Å². The van der Waals surface area contributed by atoms with Gasteiger partial charge < -0.3 is 14.7 Å². The highest BCUT2D eigenvalue weighted by Gasteiger charge is 2.48. The zero-order valence-corrected chi connectivity index (χ0v) is 15.5. The summed E-state index contributed by atoms with van der Waals surface area (Å²) < 4.78 is 37.3. The van der Waals surface area contributed by atoms with E-state index < -0.39 is 48.8 Å². The minimum absolute atomic E-state index is 0.0267. The quantitative estimate of drug-likeness (QED) is 0.632. The third kappa shape index (κ3) is 4.55. The maximum Gasteiger partial charge on any atom is 0.326 e. The van der Waals surface area contributed by atoms with Crippen molar-refractivity contribution >= 4 is 17.8 Å². The Bertz CT molecular complexity index is 659. The van der Waals surface area contributed by atoms with E-state index in [1.165, 1.54) is 0 Å². The van der Waals surface area contributed by atoms with Crippen LogP contribution in [-0.2, 0) is 19.1 Å². The van der Waals surface area contributed by atoms with Crippen molar-refractivity contribution in [3.05, 3.63) is 0 Å². The second-order valence-electron chi connectivity index (χ2n) is 7.03. The predicted molar refractivity (Wildman–Crippen MR) is 96.6 cm³/mol. The number of carboxylic acids is 1. The molecule has 148 valence electrons. The van der Waals surface area contributed by atoms with Gasteiger partial charge in [0.15, 0.2) is 0 Å². The number of nitrogens with one attached hydrogen (secondary N) is 1. The normalized spacial score (nSPS) is 31.5. The summed E-state index contributed by atoms with van der Waals surface area (Å²) in [4.78, 5) is 38.8. The lowest BCUT2D eigenvalue weighted by Gasteiger charge is -2.35. The molecule has 2 fully saturated rings. The first-order valence-corrected chi connectivity index (χ1v) is 9.47. The van der Waals surface area contributed by atoms with Gasteiger partial charge >= 0.3 is 11.9 Å². The second kappa shape index (κ2) is 9.35. The van der Waals surface area contributed by atoms with Gasteiger partial charge in [0.25, 0.3) is 0 Å². The molecular formula is C19H32N2O5. The topological polar surface area (TPSA) is 95.9 Å². The van der Waals surface area contributed by atoms with Gasteiger partial charge in [0.2, 0.25) is 5.91 Å². The fourth-order valence-corrected chi connectivity index (χ4v) is 4.12. The minimum atomic E-state index is -3.13. The van der Waals surface area contributed by atoms with Crippen molar-refractivity contribution in [3.8, 4) is 0 Å². The molecule has 0 radical (unpaired) electrons. The molecule has 2 aliphatic rings. The first kappa shape index (κ1) is 15.4. The van der Waals surface area contributed by atoms with Gasteiger partial charge in [0.1, 0.15) is 12.1 Å². The van der Waals surface area contributed by atoms with Crippen molar-refractivity contribution in [2.45, 2.75) is 89.8 Å². The van der Waals surface area contributed by atoms with E-state index in [1.54, 1.807) is 13.8 Å². The van der Waals surface area contributed by atoms with E-state index in [0.29, 0.717) is 12.8 Å². The molecule has 2 N–H and O–H groups in total. The average Bonchev–Trinajstić information content (AvgIpc) is 3.06. The van der Waals surface area contributed by atoms with E-state index in [2.05, 4.69) is 5.32 Å². The minimum Gasteiger partial charge on any atom is -0.480 e. The summed E-state index contributed by atoms with van der Waals surface area (Å²) in [6, 6.07) is -5.61. The standard InChI is InChI=1S/C19H32N2O5/c1-4-8-14(19(25)26-5-2)20-12(3)17(22)21-15-10-7-6-9-13(15)11-16(21)18(23)24/h12-16,20H,4-11H2,1-3H3,(H,23,24)/t12?,13-,14+,15-,16-/m0/s1/i3D3,12D. The van der Waals surface area contributed by atoms with Crippen LogP contribution in [0.4, 0.5) is 0 Å². The number of rotatable bonds is 8. The largest absolute Gasteiger partial charge is 0.480 e. The number of nitrogens with zero attached hydrogens (tertiary/aromatic N) is 1. The molecule has 7 nitrogen and oxygen atoms in total. The maximum atomic E-state index is 13.5. The van der Waals surface area contributed by atoms with Crippen LogP contribution in [-0.4, -0.2) is 58.6 Å². The highest BCUT2D eigenvalue weighted by Crippen LogP contribution is 2.40. The molecule has 5 atom stereocenters. The second-order valence-corrected chi connectivity index (χ2v) is 7.03. The van der Waals surface area contributed by atoms with Crippen molar-refractivity contribution in [2.75, 3.05) is 6.61 Å². The first-order valence-electron chi connectivity index (χ1n) is 11.5. The van der Waals surface area contributed by atoms with E-state index in [-0.39, 0.29) is 25.4 Å². The lowest BCUT2D eigenvalue weighted by atomic mass is 9.84. The fraction of sp³-hybridized carbons (Fsp3) is 0.842. The summed E-state index contributed by atoms with van der Waals surface area (Å²) >= 11 is 0. The molecule has 1 unspecified atom stereocenters. The maximum absolute atomic E-state index is 13.5. The number of ether oxygens (including phenoxy) is 1. The van der Waals surface area contributed by atoms with Crippen molar-refractivity contribution in [3.63, 3.8) is 0 Å². The number of hydrogen-bond donors (Lipinski definition) is 2. The average molecular weight is 372 g/mol. The summed E-state index contributed by atoms with van der Waals surface area (Å²) in [6.07, 6.45) is 4.01. The number of likely N-dealkylation sites (tertiary alicyclic amines) is 1. The van der Waals surface area contributed by atoms with Crippen molar-refractivity contribution < 1.29 is 29.7 Å². The molecule has 0 aromatic carbocycles. The van der Waals surface area contributed by atoms with Gasteiger partial charge in [-0.15, -0.1) is 0 Å². The van der Waals surface area contributed by atoms with Gasteiger partial charge in [-0.05, 0) is 45.4 Å². The van der Waals surface area contributed by atoms with Crippen LogP contribution < -0.4 is 5.32 Å². The smallest absolute Gasteiger partial charge is 0.326 e. The molecule has 7 heteroatoms. The van der Waals surface area contributed by atoms with Crippen LogP contribution in [0.2, 0.25) is 0 Å². The Kier molecular flexibility index (Phi) is 5.55. The molecule has 1 aliphatic heterocycles. The highest BCUT2D eigenvalue weighted by atomic mass is 16.5. The Labute approximate surface area is 161 Å². The Balaban J connectivity index is 2.42. The van der Waals surface area contributed by atoms with Crippen LogP contribution in [0.1, 0.15) is 71.1 Å². The SMILES string of the molecule is [2H]C([2H])([2H])C([2H])(N[C@H](CCC)C(=O)OCC)C(=O)N1[C@H](C(=O)O)C[C@@H]2CCCC[C@@H]21. The number of carboxylic acid groups (broad SMARTS) is 1. The van der Waals surface area contributed by atoms with Gasteiger partial charge in [-0.2, -0.15) is 0 Å². The van der Waals surface area contributed by atoms with Crippen LogP contribution in [0.5, 0.6) is 0 Å². The Morgan fingerprint density at radius 1 is 1.35 bits per heavy atom. The summed E-state index contributed by atoms with van der Waals surface area (Å²) in [6.45, 7) is 0.335. The van der Waals surface area contributed by atoms with E-state index in [0.717, 1.165) is 24.2 Å². The lowest BCUT2D eigenvalue weighted by Crippen LogP contribution is -2.55. The van der Waals surface area contributed by atoms with Crippen molar-refractivity contribution in [1.29, 1.82) is 0 Å². The van der Waals surface area contributed by atoms with Crippen LogP contribution in [0.15, 0.2) is 0 Å². The highest BCUT2D eigenvalue weighted by molar-refractivity contribution is 5.88. The van der Waals surface area contributed by atoms with Crippen molar-refractivity contribution in [2.24, 2.45) is 5.92 Å². The summed E-state index contributed by atoms with van der Waals surface area (Å²) in [7, 11) is 0. The van der Waals surface area contributed by atoms with Gasteiger partial charge in [0.05, 0.1) is 14.0 Å². The zero-order valence-electron chi connectivity index (χ0n) is 19.5. The third-order valence-electron chi connectivity index (χ3n) is 5.29. The number of amides is 1. The molecular weight excluding hydrogens is 336 g/mol. The molecule has 1 aliphatic carbocycles. The summed E-state index contributed by atoms with van der Waals surface area (Å²) in [5, 5.41) is 12.1. The number of aliphatic carboxylic acids is 1. The monoisotopic (exact) mass is 372 g/mol. The molecule has 26 heavy (non-hydrogen) atoms. The van der Waals surface area contributed by atoms with E-state index in [1.807, 2.05) is 0 Å². The first-order chi connectivity index (χ1) is 14.0.